The van der Waals surface area contributed by atoms with E-state index < -0.39 is 0 Å². The minimum absolute atomic E-state index is 0.626. The molecule has 0 spiro atoms. The van der Waals surface area contributed by atoms with E-state index in [0.29, 0.717) is 10.5 Å². The van der Waals surface area contributed by atoms with Crippen molar-refractivity contribution >= 4 is 55.8 Å². The molecule has 25 heavy (non-hydrogen) atoms. The molecule has 0 aromatic heterocycles. The Morgan fingerprint density at radius 2 is 1.08 bits per heavy atom. The predicted octanol–water partition coefficient (Wildman–Crippen LogP) is 6.15. The van der Waals surface area contributed by atoms with Crippen LogP contribution in [0.1, 0.15) is 70.6 Å². The van der Waals surface area contributed by atoms with Gasteiger partial charge in [-0.1, -0.05) is 38.5 Å². The van der Waals surface area contributed by atoms with Crippen molar-refractivity contribution in [2.45, 2.75) is 81.1 Å². The number of hydrogen-bond acceptors (Lipinski definition) is 4. The monoisotopic (exact) mass is 416 g/mol. The van der Waals surface area contributed by atoms with E-state index in [0.717, 1.165) is 26.7 Å². The van der Waals surface area contributed by atoms with E-state index >= 15 is 0 Å². The molecule has 0 aromatic carbocycles. The Balaban J connectivity index is 1.57. The van der Waals surface area contributed by atoms with E-state index in [1.54, 1.807) is 47.0 Å². The Bertz CT molecular complexity index is 445. The summed E-state index contributed by atoms with van der Waals surface area (Å²) in [5.41, 5.74) is 18.4. The maximum atomic E-state index is 9.21. The van der Waals surface area contributed by atoms with Gasteiger partial charge in [0.2, 0.25) is 0 Å². The van der Waals surface area contributed by atoms with Gasteiger partial charge in [-0.25, -0.2) is 0 Å². The highest BCUT2D eigenvalue weighted by Gasteiger charge is 2.23. The van der Waals surface area contributed by atoms with Crippen LogP contribution in [0.25, 0.3) is 11.1 Å². The van der Waals surface area contributed by atoms with Crippen LogP contribution in [-0.2, 0) is 0 Å². The first kappa shape index (κ1) is 21.5. The van der Waals surface area contributed by atoms with Crippen LogP contribution in [0, 0.1) is 0 Å². The number of rotatable bonds is 6. The zero-order chi connectivity index (χ0) is 17.7. The molecule has 0 amide bonds. The molecule has 4 nitrogen and oxygen atoms in total. The fraction of sp³-hybridized carbons (Fsp3) is 0.882. The minimum atomic E-state index is 0.626. The van der Waals surface area contributed by atoms with Gasteiger partial charge in [-0.15, -0.1) is 0 Å². The average molecular weight is 417 g/mol. The lowest BCUT2D eigenvalue weighted by atomic mass is 10.0. The maximum Gasteiger partial charge on any atom is 0.383 e. The highest BCUT2D eigenvalue weighted by molar-refractivity contribution is 8.39. The van der Waals surface area contributed by atoms with Crippen molar-refractivity contribution in [3.05, 3.63) is 11.1 Å². The van der Waals surface area contributed by atoms with Crippen molar-refractivity contribution in [3.63, 3.8) is 0 Å². The molecule has 0 aromatic rings. The molecule has 0 N–H and O–H groups in total. The second-order valence-electron chi connectivity index (χ2n) is 6.54. The van der Waals surface area contributed by atoms with Gasteiger partial charge in [-0.2, -0.15) is 9.58 Å². The fourth-order valence-corrected chi connectivity index (χ4v) is 8.09. The summed E-state index contributed by atoms with van der Waals surface area (Å²) < 4.78 is 1.62. The Kier molecular flexibility index (Phi) is 11.5. The molecular weight excluding hydrogens is 388 g/mol. The first-order valence-corrected chi connectivity index (χ1v) is 13.1. The Hall–Kier alpha value is 0.160. The molecule has 0 atom stereocenters. The third kappa shape index (κ3) is 9.07. The van der Waals surface area contributed by atoms with E-state index in [-0.39, 0.29) is 0 Å². The molecule has 2 aliphatic carbocycles. The van der Waals surface area contributed by atoms with E-state index in [1.165, 1.54) is 64.2 Å². The fourth-order valence-electron chi connectivity index (χ4n) is 3.20. The lowest BCUT2D eigenvalue weighted by Crippen LogP contribution is -2.11. The third-order valence-electron chi connectivity index (χ3n) is 4.54. The largest absolute Gasteiger partial charge is 0.383 e. The topological polar surface area (TPSA) is 72.8 Å². The maximum absolute atomic E-state index is 9.21. The molecule has 2 fully saturated rings. The van der Waals surface area contributed by atoms with Crippen LogP contribution in [0.15, 0.2) is 0 Å². The quantitative estimate of drug-likeness (QED) is 0.171. The van der Waals surface area contributed by atoms with Gasteiger partial charge in [0.15, 0.2) is 0 Å². The zero-order valence-electron chi connectivity index (χ0n) is 14.8. The smallest absolute Gasteiger partial charge is 0.359 e. The Labute approximate surface area is 168 Å². The van der Waals surface area contributed by atoms with E-state index in [1.807, 2.05) is 0 Å². The number of thioether (sulfide) groups is 4. The summed E-state index contributed by atoms with van der Waals surface area (Å²) in [6.07, 6.45) is 13.9. The Morgan fingerprint density at radius 1 is 0.680 bits per heavy atom. The van der Waals surface area contributed by atoms with Gasteiger partial charge in [0.05, 0.1) is 0 Å². The van der Waals surface area contributed by atoms with Crippen molar-refractivity contribution in [3.8, 4) is 0 Å². The summed E-state index contributed by atoms with van der Waals surface area (Å²) in [6.45, 7) is 0. The molecular formula is C17H28N4S4. The van der Waals surface area contributed by atoms with Crippen molar-refractivity contribution in [2.75, 3.05) is 11.5 Å². The molecule has 8 heteroatoms. The first-order valence-electron chi connectivity index (χ1n) is 9.35. The van der Waals surface area contributed by atoms with Crippen LogP contribution in [0.4, 0.5) is 0 Å². The van der Waals surface area contributed by atoms with Crippen molar-refractivity contribution in [1.29, 1.82) is 0 Å². The predicted molar refractivity (Wildman–Crippen MR) is 116 cm³/mol. The number of hydrogen-bond donors (Lipinski definition) is 0. The second kappa shape index (κ2) is 13.3. The summed E-state index contributed by atoms with van der Waals surface area (Å²) in [7, 11) is 0. The first-order chi connectivity index (χ1) is 12.3. The van der Waals surface area contributed by atoms with Gasteiger partial charge < -0.3 is 11.1 Å². The molecule has 140 valence electrons. The number of nitrogens with zero attached hydrogens (tertiary/aromatic N) is 4. The molecule has 0 heterocycles. The normalized spacial score (nSPS) is 19.2. The lowest BCUT2D eigenvalue weighted by Gasteiger charge is -2.18. The van der Waals surface area contributed by atoms with E-state index in [4.69, 9.17) is 0 Å². The van der Waals surface area contributed by atoms with Crippen LogP contribution in [0.5, 0.6) is 0 Å². The van der Waals surface area contributed by atoms with Crippen molar-refractivity contribution < 1.29 is 9.58 Å². The van der Waals surface area contributed by atoms with Crippen LogP contribution in [-0.4, -0.2) is 40.3 Å². The average Bonchev–Trinajstić information content (AvgIpc) is 2.67. The van der Waals surface area contributed by atoms with Crippen molar-refractivity contribution in [1.82, 2.24) is 0 Å². The van der Waals surface area contributed by atoms with Gasteiger partial charge in [0, 0.05) is 22.0 Å². The molecule has 2 saturated carbocycles. The van der Waals surface area contributed by atoms with Crippen LogP contribution in [0.3, 0.4) is 0 Å². The van der Waals surface area contributed by atoms with Crippen LogP contribution < -0.4 is 0 Å². The summed E-state index contributed by atoms with van der Waals surface area (Å²) >= 11 is 6.79. The minimum Gasteiger partial charge on any atom is -0.359 e. The highest BCUT2D eigenvalue weighted by atomic mass is 32.2. The summed E-state index contributed by atoms with van der Waals surface area (Å²) in [5.74, 6) is 1.89. The second-order valence-corrected chi connectivity index (χ2v) is 11.8. The zero-order valence-corrected chi connectivity index (χ0v) is 18.0. The molecule has 0 unspecified atom stereocenters. The highest BCUT2D eigenvalue weighted by Crippen LogP contribution is 2.33. The molecule has 0 saturated heterocycles. The van der Waals surface area contributed by atoms with Gasteiger partial charge in [-0.3, -0.25) is 0 Å². The molecule has 2 aliphatic rings. The molecule has 0 bridgehead atoms. The Morgan fingerprint density at radius 3 is 1.44 bits per heavy atom. The van der Waals surface area contributed by atoms with Crippen LogP contribution in [0.2, 0.25) is 0 Å². The van der Waals surface area contributed by atoms with Crippen LogP contribution >= 0.6 is 47.0 Å². The van der Waals surface area contributed by atoms with Gasteiger partial charge in [-0.05, 0) is 79.2 Å². The SMILES string of the molecule is [N-]=[N+]=C(SCCCSC(=[N+]=[N-])SC1CCCCC1)SC1CCCCC1. The molecule has 0 aliphatic heterocycles. The lowest BCUT2D eigenvalue weighted by molar-refractivity contribution is 0.00507. The van der Waals surface area contributed by atoms with E-state index in [2.05, 4.69) is 9.58 Å². The van der Waals surface area contributed by atoms with Gasteiger partial charge >= 0.3 is 8.75 Å². The third-order valence-corrected chi connectivity index (χ3v) is 9.65. The van der Waals surface area contributed by atoms with Gasteiger partial charge in [0.25, 0.3) is 0 Å². The van der Waals surface area contributed by atoms with E-state index in [9.17, 15) is 11.1 Å². The van der Waals surface area contributed by atoms with Crippen molar-refractivity contribution in [2.24, 2.45) is 0 Å². The summed E-state index contributed by atoms with van der Waals surface area (Å²) in [6, 6.07) is 0. The standard InChI is InChI=1S/C17H28N4S4/c18-20-16(24-14-8-3-1-4-9-14)22-12-7-13-23-17(21-19)25-15-10-5-2-6-11-15/h14-15H,1-13H2. The molecule has 2 rings (SSSR count). The summed E-state index contributed by atoms with van der Waals surface area (Å²) in [5, 5.41) is 1.25. The van der Waals surface area contributed by atoms with Gasteiger partial charge in [0.1, 0.15) is 0 Å². The summed E-state index contributed by atoms with van der Waals surface area (Å²) in [4.78, 5) is 6.95. The molecule has 0 radical (unpaired) electrons.